The predicted octanol–water partition coefficient (Wildman–Crippen LogP) is 0.770. The standard InChI is InChI=1S/C20H34N8O.HI/c1-22-19(28-10-2-5-17(16-28)15-18(21)29)23-8-4-9-26-11-13-27(14-12-26)20-24-6-3-7-25-20;/h3,6-7,17H,2,4-5,8-16H2,1H3,(H2,21,29)(H,22,23);1H. The van der Waals surface area contributed by atoms with E-state index in [-0.39, 0.29) is 29.9 Å². The molecule has 0 radical (unpaired) electrons. The summed E-state index contributed by atoms with van der Waals surface area (Å²) < 4.78 is 0. The first-order valence-electron chi connectivity index (χ1n) is 10.6. The maximum Gasteiger partial charge on any atom is 0.225 e. The largest absolute Gasteiger partial charge is 0.370 e. The lowest BCUT2D eigenvalue weighted by atomic mass is 9.95. The molecule has 1 aromatic rings. The quantitative estimate of drug-likeness (QED) is 0.232. The van der Waals surface area contributed by atoms with Gasteiger partial charge in [-0.1, -0.05) is 0 Å². The molecule has 30 heavy (non-hydrogen) atoms. The van der Waals surface area contributed by atoms with Crippen LogP contribution in [-0.2, 0) is 4.79 Å². The molecule has 2 saturated heterocycles. The second-order valence-corrected chi connectivity index (χ2v) is 7.83. The lowest BCUT2D eigenvalue weighted by Gasteiger charge is -2.35. The summed E-state index contributed by atoms with van der Waals surface area (Å²) in [5.41, 5.74) is 5.37. The highest BCUT2D eigenvalue weighted by atomic mass is 127. The minimum Gasteiger partial charge on any atom is -0.370 e. The fourth-order valence-electron chi connectivity index (χ4n) is 4.17. The zero-order valence-electron chi connectivity index (χ0n) is 17.9. The number of nitrogens with zero attached hydrogens (tertiary/aromatic N) is 6. The number of aromatic nitrogens is 2. The summed E-state index contributed by atoms with van der Waals surface area (Å²) in [5, 5.41) is 3.49. The summed E-state index contributed by atoms with van der Waals surface area (Å²) >= 11 is 0. The molecule has 3 N–H and O–H groups in total. The van der Waals surface area contributed by atoms with Crippen molar-refractivity contribution in [1.82, 2.24) is 25.1 Å². The van der Waals surface area contributed by atoms with E-state index >= 15 is 0 Å². The summed E-state index contributed by atoms with van der Waals surface area (Å²) in [7, 11) is 1.82. The van der Waals surface area contributed by atoms with Crippen molar-refractivity contribution < 1.29 is 4.79 Å². The van der Waals surface area contributed by atoms with Crippen molar-refractivity contribution in [3.05, 3.63) is 18.5 Å². The van der Waals surface area contributed by atoms with Gasteiger partial charge in [-0.15, -0.1) is 24.0 Å². The van der Waals surface area contributed by atoms with Crippen LogP contribution in [0, 0.1) is 5.92 Å². The first-order chi connectivity index (χ1) is 14.2. The van der Waals surface area contributed by atoms with Crippen molar-refractivity contribution >= 4 is 41.8 Å². The van der Waals surface area contributed by atoms with Gasteiger partial charge in [-0.05, 0) is 37.8 Å². The Balaban J connectivity index is 0.00000320. The van der Waals surface area contributed by atoms with Crippen molar-refractivity contribution in [3.63, 3.8) is 0 Å². The smallest absolute Gasteiger partial charge is 0.225 e. The molecule has 0 aliphatic carbocycles. The molecule has 1 amide bonds. The average Bonchev–Trinajstić information content (AvgIpc) is 2.74. The highest BCUT2D eigenvalue weighted by molar-refractivity contribution is 14.0. The number of guanidine groups is 1. The van der Waals surface area contributed by atoms with E-state index in [0.29, 0.717) is 12.3 Å². The molecule has 3 heterocycles. The number of carbonyl (C=O) groups excluding carboxylic acids is 1. The van der Waals surface area contributed by atoms with Gasteiger partial charge in [-0.3, -0.25) is 14.7 Å². The van der Waals surface area contributed by atoms with Gasteiger partial charge >= 0.3 is 0 Å². The number of amides is 1. The fourth-order valence-corrected chi connectivity index (χ4v) is 4.17. The normalized spacial score (nSPS) is 20.6. The van der Waals surface area contributed by atoms with E-state index in [1.54, 1.807) is 12.4 Å². The number of primary amides is 1. The number of carbonyl (C=O) groups is 1. The van der Waals surface area contributed by atoms with Gasteiger partial charge in [0.05, 0.1) is 0 Å². The number of anilines is 1. The number of rotatable bonds is 7. The van der Waals surface area contributed by atoms with Crippen molar-refractivity contribution in [2.45, 2.75) is 25.7 Å². The van der Waals surface area contributed by atoms with Crippen molar-refractivity contribution in [2.75, 3.05) is 64.3 Å². The van der Waals surface area contributed by atoms with Crippen LogP contribution in [0.4, 0.5) is 5.95 Å². The average molecular weight is 530 g/mol. The van der Waals surface area contributed by atoms with Crippen LogP contribution in [0.2, 0.25) is 0 Å². The number of likely N-dealkylation sites (tertiary alicyclic amines) is 1. The SMILES string of the molecule is CN=C(NCCCN1CCN(c2ncccn2)CC1)N1CCCC(CC(N)=O)C1.I. The van der Waals surface area contributed by atoms with Gasteiger partial charge in [-0.25, -0.2) is 9.97 Å². The number of aliphatic imine (C=N–C) groups is 1. The topological polar surface area (TPSA) is 103 Å². The van der Waals surface area contributed by atoms with Crippen LogP contribution in [-0.4, -0.2) is 91.0 Å². The van der Waals surface area contributed by atoms with Crippen molar-refractivity contribution in [1.29, 1.82) is 0 Å². The van der Waals surface area contributed by atoms with E-state index in [1.807, 2.05) is 13.1 Å². The van der Waals surface area contributed by atoms with E-state index in [4.69, 9.17) is 5.73 Å². The number of nitrogens with one attached hydrogen (secondary N) is 1. The molecule has 0 spiro atoms. The maximum absolute atomic E-state index is 11.2. The fraction of sp³-hybridized carbons (Fsp3) is 0.700. The predicted molar refractivity (Wildman–Crippen MR) is 130 cm³/mol. The summed E-state index contributed by atoms with van der Waals surface area (Å²) in [6.45, 7) is 7.80. The van der Waals surface area contributed by atoms with E-state index in [2.05, 4.69) is 35.0 Å². The second-order valence-electron chi connectivity index (χ2n) is 7.83. The lowest BCUT2D eigenvalue weighted by molar-refractivity contribution is -0.119. The zero-order chi connectivity index (χ0) is 20.5. The van der Waals surface area contributed by atoms with E-state index in [1.165, 1.54) is 0 Å². The van der Waals surface area contributed by atoms with Crippen LogP contribution in [0.15, 0.2) is 23.5 Å². The van der Waals surface area contributed by atoms with E-state index in [9.17, 15) is 4.79 Å². The Morgan fingerprint density at radius 3 is 2.63 bits per heavy atom. The van der Waals surface area contributed by atoms with Gasteiger partial charge in [0.25, 0.3) is 0 Å². The molecular formula is C20H35IN8O. The van der Waals surface area contributed by atoms with Crippen LogP contribution < -0.4 is 16.0 Å². The first kappa shape index (κ1) is 24.6. The van der Waals surface area contributed by atoms with Crippen LogP contribution >= 0.6 is 24.0 Å². The highest BCUT2D eigenvalue weighted by Gasteiger charge is 2.23. The molecule has 1 unspecified atom stereocenters. The molecule has 2 aliphatic rings. The summed E-state index contributed by atoms with van der Waals surface area (Å²) in [6.07, 6.45) is 7.27. The van der Waals surface area contributed by atoms with E-state index < -0.39 is 0 Å². The maximum atomic E-state index is 11.2. The van der Waals surface area contributed by atoms with Gasteiger partial charge in [0.1, 0.15) is 0 Å². The summed E-state index contributed by atoms with van der Waals surface area (Å²) in [4.78, 5) is 31.3. The molecular weight excluding hydrogens is 495 g/mol. The molecule has 9 nitrogen and oxygen atoms in total. The Bertz CT molecular complexity index is 666. The second kappa shape index (κ2) is 12.9. The highest BCUT2D eigenvalue weighted by Crippen LogP contribution is 2.19. The minimum absolute atomic E-state index is 0. The molecule has 0 aromatic carbocycles. The molecule has 10 heteroatoms. The molecule has 2 fully saturated rings. The monoisotopic (exact) mass is 530 g/mol. The Labute approximate surface area is 196 Å². The van der Waals surface area contributed by atoms with Crippen LogP contribution in [0.3, 0.4) is 0 Å². The van der Waals surface area contributed by atoms with Crippen LogP contribution in [0.1, 0.15) is 25.7 Å². The molecule has 168 valence electrons. The van der Waals surface area contributed by atoms with Crippen molar-refractivity contribution in [2.24, 2.45) is 16.6 Å². The lowest BCUT2D eigenvalue weighted by Crippen LogP contribution is -2.49. The molecule has 0 saturated carbocycles. The number of halogens is 1. The molecule has 1 aromatic heterocycles. The number of hydrogen-bond donors (Lipinski definition) is 2. The summed E-state index contributed by atoms with van der Waals surface area (Å²) in [5.74, 6) is 1.89. The van der Waals surface area contributed by atoms with Gasteiger partial charge in [0, 0.05) is 71.7 Å². The number of hydrogen-bond acceptors (Lipinski definition) is 6. The Morgan fingerprint density at radius 2 is 1.97 bits per heavy atom. The third-order valence-corrected chi connectivity index (χ3v) is 5.66. The first-order valence-corrected chi connectivity index (χ1v) is 10.6. The van der Waals surface area contributed by atoms with Gasteiger partial charge in [0.15, 0.2) is 5.96 Å². The van der Waals surface area contributed by atoms with Gasteiger partial charge < -0.3 is 20.9 Å². The molecule has 0 bridgehead atoms. The Hall–Kier alpha value is -1.69. The zero-order valence-corrected chi connectivity index (χ0v) is 20.2. The van der Waals surface area contributed by atoms with Gasteiger partial charge in [-0.2, -0.15) is 0 Å². The summed E-state index contributed by atoms with van der Waals surface area (Å²) in [6, 6.07) is 1.85. The minimum atomic E-state index is -0.210. The third kappa shape index (κ3) is 7.53. The number of nitrogens with two attached hydrogens (primary N) is 1. The Kier molecular flexibility index (Phi) is 10.6. The van der Waals surface area contributed by atoms with E-state index in [0.717, 1.165) is 83.5 Å². The van der Waals surface area contributed by atoms with Crippen LogP contribution in [0.5, 0.6) is 0 Å². The molecule has 1 atom stereocenters. The number of piperidine rings is 1. The van der Waals surface area contributed by atoms with Crippen LogP contribution in [0.25, 0.3) is 0 Å². The molecule has 2 aliphatic heterocycles. The van der Waals surface area contributed by atoms with Gasteiger partial charge in [0.2, 0.25) is 11.9 Å². The van der Waals surface area contributed by atoms with Crippen molar-refractivity contribution in [3.8, 4) is 0 Å². The number of piperazine rings is 1. The molecule has 3 rings (SSSR count). The Morgan fingerprint density at radius 1 is 1.23 bits per heavy atom. The third-order valence-electron chi connectivity index (χ3n) is 5.66.